The number of sulfonamides is 1. The number of nitrogens with zero attached hydrogens (tertiary/aromatic N) is 1. The van der Waals surface area contributed by atoms with E-state index < -0.39 is 10.0 Å². The van der Waals surface area contributed by atoms with Crippen molar-refractivity contribution >= 4 is 10.0 Å². The Morgan fingerprint density at radius 1 is 1.44 bits per heavy atom. The van der Waals surface area contributed by atoms with Gasteiger partial charge in [0.05, 0.1) is 5.75 Å². The summed E-state index contributed by atoms with van der Waals surface area (Å²) in [5.41, 5.74) is 0. The highest BCUT2D eigenvalue weighted by molar-refractivity contribution is 7.89. The molecule has 0 aromatic rings. The van der Waals surface area contributed by atoms with Crippen molar-refractivity contribution < 1.29 is 13.5 Å². The van der Waals surface area contributed by atoms with Gasteiger partial charge < -0.3 is 10.4 Å². The second-order valence-electron chi connectivity index (χ2n) is 5.30. The van der Waals surface area contributed by atoms with Crippen LogP contribution in [0.3, 0.4) is 0 Å². The molecule has 1 atom stereocenters. The molecule has 1 heterocycles. The van der Waals surface area contributed by atoms with Crippen LogP contribution in [0.25, 0.3) is 0 Å². The molecule has 1 fully saturated rings. The second kappa shape index (κ2) is 7.43. The zero-order valence-corrected chi connectivity index (χ0v) is 12.2. The number of piperidine rings is 1. The van der Waals surface area contributed by atoms with E-state index in [2.05, 4.69) is 5.32 Å². The van der Waals surface area contributed by atoms with E-state index in [1.807, 2.05) is 13.8 Å². The average molecular weight is 278 g/mol. The molecule has 1 saturated heterocycles. The Hall–Kier alpha value is -0.170. The van der Waals surface area contributed by atoms with Gasteiger partial charge in [0.25, 0.3) is 0 Å². The molecule has 0 aromatic carbocycles. The molecule has 0 spiro atoms. The van der Waals surface area contributed by atoms with Gasteiger partial charge >= 0.3 is 0 Å². The van der Waals surface area contributed by atoms with E-state index >= 15 is 0 Å². The minimum Gasteiger partial charge on any atom is -0.396 e. The highest BCUT2D eigenvalue weighted by Gasteiger charge is 2.28. The summed E-state index contributed by atoms with van der Waals surface area (Å²) in [7, 11) is -3.14. The van der Waals surface area contributed by atoms with Gasteiger partial charge in [0, 0.05) is 32.3 Å². The van der Waals surface area contributed by atoms with Crippen LogP contribution in [0.5, 0.6) is 0 Å². The number of aliphatic hydroxyl groups excluding tert-OH is 1. The van der Waals surface area contributed by atoms with Crippen LogP contribution in [0, 0.1) is 5.92 Å². The van der Waals surface area contributed by atoms with Crippen LogP contribution in [-0.2, 0) is 10.0 Å². The molecule has 0 bridgehead atoms. The molecule has 1 aliphatic rings. The van der Waals surface area contributed by atoms with E-state index in [4.69, 9.17) is 5.11 Å². The lowest BCUT2D eigenvalue weighted by Gasteiger charge is -2.31. The maximum Gasteiger partial charge on any atom is 0.215 e. The fourth-order valence-electron chi connectivity index (χ4n) is 2.30. The molecule has 0 radical (unpaired) electrons. The van der Waals surface area contributed by atoms with Crippen LogP contribution in [-0.4, -0.2) is 55.9 Å². The highest BCUT2D eigenvalue weighted by Crippen LogP contribution is 2.21. The number of hydrogen-bond donors (Lipinski definition) is 2. The molecule has 18 heavy (non-hydrogen) atoms. The largest absolute Gasteiger partial charge is 0.396 e. The van der Waals surface area contributed by atoms with Crippen LogP contribution in [0.4, 0.5) is 0 Å². The van der Waals surface area contributed by atoms with Gasteiger partial charge in [-0.05, 0) is 25.2 Å². The fourth-order valence-corrected chi connectivity index (χ4v) is 3.78. The van der Waals surface area contributed by atoms with Crippen LogP contribution < -0.4 is 5.32 Å². The van der Waals surface area contributed by atoms with Crippen molar-refractivity contribution in [2.45, 2.75) is 39.2 Å². The quantitative estimate of drug-likeness (QED) is 0.707. The van der Waals surface area contributed by atoms with Gasteiger partial charge in [-0.15, -0.1) is 0 Å². The number of hydrogen-bond acceptors (Lipinski definition) is 4. The van der Waals surface area contributed by atoms with Crippen molar-refractivity contribution in [2.24, 2.45) is 5.92 Å². The van der Waals surface area contributed by atoms with E-state index in [9.17, 15) is 8.42 Å². The first-order valence-electron chi connectivity index (χ1n) is 6.77. The van der Waals surface area contributed by atoms with Crippen LogP contribution >= 0.6 is 0 Å². The zero-order chi connectivity index (χ0) is 13.6. The molecule has 2 N–H and O–H groups in total. The topological polar surface area (TPSA) is 69.6 Å². The van der Waals surface area contributed by atoms with Gasteiger partial charge in [0.1, 0.15) is 0 Å². The molecule has 1 rings (SSSR count). The Morgan fingerprint density at radius 2 is 2.17 bits per heavy atom. The first kappa shape index (κ1) is 15.9. The van der Waals surface area contributed by atoms with Gasteiger partial charge in [0.2, 0.25) is 10.0 Å². The van der Waals surface area contributed by atoms with Crippen molar-refractivity contribution in [3.05, 3.63) is 0 Å². The summed E-state index contributed by atoms with van der Waals surface area (Å²) in [6.45, 7) is 5.86. The van der Waals surface area contributed by atoms with E-state index in [1.165, 1.54) is 0 Å². The second-order valence-corrected chi connectivity index (χ2v) is 7.39. The molecule has 1 unspecified atom stereocenters. The first-order chi connectivity index (χ1) is 8.45. The maximum absolute atomic E-state index is 12.1. The zero-order valence-electron chi connectivity index (χ0n) is 11.4. The SMILES string of the molecule is CC(C)NCCS(=O)(=O)N1CCCC(CCO)C1. The Balaban J connectivity index is 2.45. The smallest absolute Gasteiger partial charge is 0.215 e. The Bertz CT molecular complexity index is 328. The molecule has 0 aromatic heterocycles. The van der Waals surface area contributed by atoms with Gasteiger partial charge in [-0.1, -0.05) is 13.8 Å². The van der Waals surface area contributed by atoms with Crippen LogP contribution in [0.15, 0.2) is 0 Å². The average Bonchev–Trinajstić information content (AvgIpc) is 2.29. The predicted octanol–water partition coefficient (Wildman–Crippen LogP) is 0.409. The summed E-state index contributed by atoms with van der Waals surface area (Å²) >= 11 is 0. The first-order valence-corrected chi connectivity index (χ1v) is 8.38. The summed E-state index contributed by atoms with van der Waals surface area (Å²) in [4.78, 5) is 0. The minimum atomic E-state index is -3.14. The molecule has 1 aliphatic heterocycles. The van der Waals surface area contributed by atoms with Gasteiger partial charge in [-0.2, -0.15) is 0 Å². The molecular weight excluding hydrogens is 252 g/mol. The van der Waals surface area contributed by atoms with Crippen molar-refractivity contribution in [3.8, 4) is 0 Å². The van der Waals surface area contributed by atoms with Gasteiger partial charge in [-0.25, -0.2) is 12.7 Å². The molecule has 0 aliphatic carbocycles. The van der Waals surface area contributed by atoms with Crippen molar-refractivity contribution in [1.29, 1.82) is 0 Å². The third-order valence-corrected chi connectivity index (χ3v) is 5.16. The number of nitrogens with one attached hydrogen (secondary N) is 1. The molecule has 6 heteroatoms. The molecule has 0 saturated carbocycles. The summed E-state index contributed by atoms with van der Waals surface area (Å²) in [5.74, 6) is 0.480. The Morgan fingerprint density at radius 3 is 2.78 bits per heavy atom. The standard InChI is InChI=1S/C12H26N2O3S/c1-11(2)13-6-9-18(16,17)14-7-3-4-12(10-14)5-8-15/h11-13,15H,3-10H2,1-2H3. The predicted molar refractivity (Wildman–Crippen MR) is 72.9 cm³/mol. The summed E-state index contributed by atoms with van der Waals surface area (Å²) in [6, 6.07) is 0.309. The summed E-state index contributed by atoms with van der Waals surface area (Å²) < 4.78 is 25.9. The monoisotopic (exact) mass is 278 g/mol. The highest BCUT2D eigenvalue weighted by atomic mass is 32.2. The molecule has 0 amide bonds. The maximum atomic E-state index is 12.1. The Kier molecular flexibility index (Phi) is 6.55. The van der Waals surface area contributed by atoms with E-state index in [-0.39, 0.29) is 12.4 Å². The van der Waals surface area contributed by atoms with E-state index in [1.54, 1.807) is 4.31 Å². The lowest BCUT2D eigenvalue weighted by Crippen LogP contribution is -2.43. The van der Waals surface area contributed by atoms with E-state index in [0.717, 1.165) is 12.8 Å². The lowest BCUT2D eigenvalue weighted by atomic mass is 9.97. The lowest BCUT2D eigenvalue weighted by molar-refractivity contribution is 0.203. The number of aliphatic hydroxyl groups is 1. The van der Waals surface area contributed by atoms with Crippen LogP contribution in [0.1, 0.15) is 33.1 Å². The number of rotatable bonds is 7. The third kappa shape index (κ3) is 5.22. The molecule has 5 nitrogen and oxygen atoms in total. The summed E-state index contributed by atoms with van der Waals surface area (Å²) in [6.07, 6.45) is 2.63. The van der Waals surface area contributed by atoms with E-state index in [0.29, 0.717) is 38.0 Å². The van der Waals surface area contributed by atoms with Crippen molar-refractivity contribution in [3.63, 3.8) is 0 Å². The van der Waals surface area contributed by atoms with Crippen molar-refractivity contribution in [1.82, 2.24) is 9.62 Å². The summed E-state index contributed by atoms with van der Waals surface area (Å²) in [5, 5.41) is 12.1. The normalized spacial score (nSPS) is 22.6. The minimum absolute atomic E-state index is 0.146. The Labute approximate surface area is 111 Å². The van der Waals surface area contributed by atoms with Gasteiger partial charge in [0.15, 0.2) is 0 Å². The molecule has 108 valence electrons. The van der Waals surface area contributed by atoms with Gasteiger partial charge in [-0.3, -0.25) is 0 Å². The van der Waals surface area contributed by atoms with Crippen LogP contribution in [0.2, 0.25) is 0 Å². The molecular formula is C12H26N2O3S. The third-order valence-electron chi connectivity index (χ3n) is 3.33. The van der Waals surface area contributed by atoms with Crippen molar-refractivity contribution in [2.75, 3.05) is 32.0 Å². The fraction of sp³-hybridized carbons (Fsp3) is 1.00.